The van der Waals surface area contributed by atoms with E-state index >= 15 is 0 Å². The standard InChI is InChI=1S/C14H17ClN4O3/c1-17(7-11-3-2-4-12(15)5-11)9-14(20)10-18-8-13(6-16-18)19(21)22/h2-6,8,14,20H,7,9-10H2,1H3. The van der Waals surface area contributed by atoms with Crippen LogP contribution in [0.2, 0.25) is 5.02 Å². The Balaban J connectivity index is 1.85. The highest BCUT2D eigenvalue weighted by atomic mass is 35.5. The maximum Gasteiger partial charge on any atom is 0.306 e. The summed E-state index contributed by atoms with van der Waals surface area (Å²) in [6, 6.07) is 7.53. The second-order valence-corrected chi connectivity index (χ2v) is 5.59. The fourth-order valence-corrected chi connectivity index (χ4v) is 2.40. The van der Waals surface area contributed by atoms with Crippen LogP contribution in [0.4, 0.5) is 5.69 Å². The van der Waals surface area contributed by atoms with Crippen LogP contribution in [0.15, 0.2) is 36.7 Å². The van der Waals surface area contributed by atoms with Crippen LogP contribution in [-0.4, -0.2) is 44.4 Å². The molecule has 1 heterocycles. The lowest BCUT2D eigenvalue weighted by Crippen LogP contribution is -2.31. The number of aliphatic hydroxyl groups excluding tert-OH is 1. The topological polar surface area (TPSA) is 84.4 Å². The summed E-state index contributed by atoms with van der Waals surface area (Å²) in [5, 5.41) is 25.2. The summed E-state index contributed by atoms with van der Waals surface area (Å²) in [6.45, 7) is 1.27. The molecule has 8 heteroatoms. The van der Waals surface area contributed by atoms with Crippen LogP contribution < -0.4 is 0 Å². The molecule has 1 aromatic heterocycles. The van der Waals surface area contributed by atoms with Gasteiger partial charge in [-0.25, -0.2) is 0 Å². The predicted molar refractivity (Wildman–Crippen MR) is 82.7 cm³/mol. The number of aromatic nitrogens is 2. The van der Waals surface area contributed by atoms with E-state index in [1.54, 1.807) is 0 Å². The van der Waals surface area contributed by atoms with Gasteiger partial charge in [0.1, 0.15) is 12.4 Å². The van der Waals surface area contributed by atoms with Gasteiger partial charge in [-0.2, -0.15) is 5.10 Å². The molecular formula is C14H17ClN4O3. The van der Waals surface area contributed by atoms with E-state index < -0.39 is 11.0 Å². The van der Waals surface area contributed by atoms with Crippen molar-refractivity contribution in [3.63, 3.8) is 0 Å². The molecule has 1 N–H and O–H groups in total. The fourth-order valence-electron chi connectivity index (χ4n) is 2.19. The SMILES string of the molecule is CN(Cc1cccc(Cl)c1)CC(O)Cn1cc([N+](=O)[O-])cn1. The molecule has 1 aromatic carbocycles. The van der Waals surface area contributed by atoms with Gasteiger partial charge >= 0.3 is 5.69 Å². The molecule has 2 aromatic rings. The Morgan fingerprint density at radius 2 is 2.32 bits per heavy atom. The second kappa shape index (κ2) is 7.35. The predicted octanol–water partition coefficient (Wildman–Crippen LogP) is 1.94. The van der Waals surface area contributed by atoms with Gasteiger partial charge < -0.3 is 5.11 Å². The molecule has 0 fully saturated rings. The Kier molecular flexibility index (Phi) is 5.48. The zero-order valence-corrected chi connectivity index (χ0v) is 12.8. The van der Waals surface area contributed by atoms with Crippen LogP contribution in [0, 0.1) is 10.1 Å². The molecule has 1 atom stereocenters. The zero-order valence-electron chi connectivity index (χ0n) is 12.1. The first-order chi connectivity index (χ1) is 10.4. The molecule has 0 radical (unpaired) electrons. The van der Waals surface area contributed by atoms with Crippen molar-refractivity contribution in [2.45, 2.75) is 19.2 Å². The molecule has 0 aliphatic carbocycles. The summed E-state index contributed by atoms with van der Waals surface area (Å²) < 4.78 is 1.37. The summed E-state index contributed by atoms with van der Waals surface area (Å²) in [6.07, 6.45) is 1.80. The Labute approximate surface area is 132 Å². The molecule has 0 spiro atoms. The van der Waals surface area contributed by atoms with Crippen LogP contribution in [0.3, 0.4) is 0 Å². The van der Waals surface area contributed by atoms with Gasteiger partial charge in [-0.1, -0.05) is 23.7 Å². The molecule has 0 saturated carbocycles. The van der Waals surface area contributed by atoms with E-state index in [2.05, 4.69) is 5.10 Å². The van der Waals surface area contributed by atoms with Crippen LogP contribution in [-0.2, 0) is 13.1 Å². The molecular weight excluding hydrogens is 308 g/mol. The number of likely N-dealkylation sites (N-methyl/N-ethyl adjacent to an activating group) is 1. The van der Waals surface area contributed by atoms with Gasteiger partial charge in [-0.05, 0) is 24.7 Å². The molecule has 0 amide bonds. The Bertz CT molecular complexity index is 647. The van der Waals surface area contributed by atoms with E-state index in [-0.39, 0.29) is 12.2 Å². The number of nitrogens with zero attached hydrogens (tertiary/aromatic N) is 4. The van der Waals surface area contributed by atoms with Gasteiger partial charge in [0.25, 0.3) is 0 Å². The minimum Gasteiger partial charge on any atom is -0.390 e. The summed E-state index contributed by atoms with van der Waals surface area (Å²) in [5.41, 5.74) is 0.969. The lowest BCUT2D eigenvalue weighted by Gasteiger charge is -2.20. The summed E-state index contributed by atoms with van der Waals surface area (Å²) >= 11 is 5.93. The molecule has 0 saturated heterocycles. The van der Waals surface area contributed by atoms with Crippen LogP contribution >= 0.6 is 11.6 Å². The average molecular weight is 325 g/mol. The highest BCUT2D eigenvalue weighted by Crippen LogP contribution is 2.13. The van der Waals surface area contributed by atoms with Crippen molar-refractivity contribution in [3.8, 4) is 0 Å². The van der Waals surface area contributed by atoms with Gasteiger partial charge in [-0.3, -0.25) is 19.7 Å². The molecule has 7 nitrogen and oxygen atoms in total. The smallest absolute Gasteiger partial charge is 0.306 e. The van der Waals surface area contributed by atoms with E-state index in [4.69, 9.17) is 11.6 Å². The summed E-state index contributed by atoms with van der Waals surface area (Å²) in [4.78, 5) is 12.0. The fraction of sp³-hybridized carbons (Fsp3) is 0.357. The molecule has 0 bridgehead atoms. The van der Waals surface area contributed by atoms with Crippen molar-refractivity contribution in [1.82, 2.24) is 14.7 Å². The lowest BCUT2D eigenvalue weighted by atomic mass is 10.2. The van der Waals surface area contributed by atoms with Gasteiger partial charge in [0.05, 0.1) is 17.6 Å². The maximum absolute atomic E-state index is 10.6. The normalized spacial score (nSPS) is 12.5. The molecule has 2 rings (SSSR count). The van der Waals surface area contributed by atoms with Crippen LogP contribution in [0.5, 0.6) is 0 Å². The third kappa shape index (κ3) is 4.80. The number of aliphatic hydroxyl groups is 1. The molecule has 0 aliphatic heterocycles. The van der Waals surface area contributed by atoms with Crippen molar-refractivity contribution in [3.05, 3.63) is 57.4 Å². The van der Waals surface area contributed by atoms with Gasteiger partial charge in [0.15, 0.2) is 0 Å². The van der Waals surface area contributed by atoms with Crippen LogP contribution in [0.25, 0.3) is 0 Å². The van der Waals surface area contributed by atoms with Crippen molar-refractivity contribution >= 4 is 17.3 Å². The Morgan fingerprint density at radius 3 is 2.95 bits per heavy atom. The number of nitro groups is 1. The Hall–Kier alpha value is -1.96. The molecule has 1 unspecified atom stereocenters. The van der Waals surface area contributed by atoms with Crippen molar-refractivity contribution in [2.75, 3.05) is 13.6 Å². The van der Waals surface area contributed by atoms with Crippen molar-refractivity contribution in [1.29, 1.82) is 0 Å². The Morgan fingerprint density at radius 1 is 1.55 bits per heavy atom. The monoisotopic (exact) mass is 324 g/mol. The van der Waals surface area contributed by atoms with Gasteiger partial charge in [0.2, 0.25) is 0 Å². The zero-order chi connectivity index (χ0) is 16.1. The quantitative estimate of drug-likeness (QED) is 0.621. The number of hydrogen-bond donors (Lipinski definition) is 1. The van der Waals surface area contributed by atoms with E-state index in [1.165, 1.54) is 17.1 Å². The largest absolute Gasteiger partial charge is 0.390 e. The molecule has 118 valence electrons. The molecule has 0 aliphatic rings. The van der Waals surface area contributed by atoms with E-state index in [0.29, 0.717) is 18.1 Å². The van der Waals surface area contributed by atoms with E-state index in [1.807, 2.05) is 36.2 Å². The van der Waals surface area contributed by atoms with Crippen LogP contribution in [0.1, 0.15) is 5.56 Å². The first-order valence-corrected chi connectivity index (χ1v) is 7.09. The third-order valence-electron chi connectivity index (χ3n) is 3.09. The van der Waals surface area contributed by atoms with Gasteiger partial charge in [-0.15, -0.1) is 0 Å². The number of hydrogen-bond acceptors (Lipinski definition) is 5. The second-order valence-electron chi connectivity index (χ2n) is 5.16. The summed E-state index contributed by atoms with van der Waals surface area (Å²) in [7, 11) is 1.88. The number of rotatable bonds is 7. The average Bonchev–Trinajstić information content (AvgIpc) is 2.86. The first kappa shape index (κ1) is 16.4. The first-order valence-electron chi connectivity index (χ1n) is 6.72. The minimum atomic E-state index is -0.677. The van der Waals surface area contributed by atoms with E-state index in [9.17, 15) is 15.2 Å². The highest BCUT2D eigenvalue weighted by molar-refractivity contribution is 6.30. The highest BCUT2D eigenvalue weighted by Gasteiger charge is 2.13. The lowest BCUT2D eigenvalue weighted by molar-refractivity contribution is -0.385. The molecule has 22 heavy (non-hydrogen) atoms. The number of benzene rings is 1. The van der Waals surface area contributed by atoms with Gasteiger partial charge in [0, 0.05) is 18.1 Å². The van der Waals surface area contributed by atoms with E-state index in [0.717, 1.165) is 5.56 Å². The van der Waals surface area contributed by atoms with Crippen molar-refractivity contribution in [2.24, 2.45) is 0 Å². The minimum absolute atomic E-state index is 0.0838. The number of halogens is 1. The third-order valence-corrected chi connectivity index (χ3v) is 3.33. The summed E-state index contributed by atoms with van der Waals surface area (Å²) in [5.74, 6) is 0. The maximum atomic E-state index is 10.6. The van der Waals surface area contributed by atoms with Crippen molar-refractivity contribution < 1.29 is 10.0 Å².